The lowest BCUT2D eigenvalue weighted by molar-refractivity contribution is 1.54. The molecule has 0 atom stereocenters. The van der Waals surface area contributed by atoms with Gasteiger partial charge in [-0.2, -0.15) is 0 Å². The fourth-order valence-electron chi connectivity index (χ4n) is 6.74. The molecule has 2 heteroatoms. The summed E-state index contributed by atoms with van der Waals surface area (Å²) in [4.78, 5) is 0. The van der Waals surface area contributed by atoms with Gasteiger partial charge in [-0.1, -0.05) is 121 Å². The highest BCUT2D eigenvalue weighted by atomic mass is 32.1. The highest BCUT2D eigenvalue weighted by Crippen LogP contribution is 2.40. The normalized spacial score (nSPS) is 11.6. The molecule has 9 aromatic rings. The van der Waals surface area contributed by atoms with Crippen molar-refractivity contribution < 1.29 is 0 Å². The minimum absolute atomic E-state index is 1.08. The van der Waals surface area contributed by atoms with Gasteiger partial charge in [0.25, 0.3) is 0 Å². The highest BCUT2D eigenvalue weighted by Gasteiger charge is 2.13. The lowest BCUT2D eigenvalue weighted by atomic mass is 9.94. The molecule has 1 heterocycles. The monoisotopic (exact) mass is 577 g/mol. The summed E-state index contributed by atoms with van der Waals surface area (Å²) in [5, 5.41) is 14.2. The van der Waals surface area contributed by atoms with E-state index in [0.717, 1.165) is 11.4 Å². The van der Waals surface area contributed by atoms with E-state index in [9.17, 15) is 0 Å². The van der Waals surface area contributed by atoms with E-state index in [4.69, 9.17) is 0 Å². The Morgan fingerprint density at radius 1 is 0.341 bits per heavy atom. The van der Waals surface area contributed by atoms with Gasteiger partial charge in [0.2, 0.25) is 0 Å². The third kappa shape index (κ3) is 4.07. The molecule has 0 saturated carbocycles. The second-order valence-electron chi connectivity index (χ2n) is 11.4. The Labute approximate surface area is 259 Å². The van der Waals surface area contributed by atoms with E-state index in [-0.39, 0.29) is 0 Å². The fourth-order valence-corrected chi connectivity index (χ4v) is 7.88. The second-order valence-corrected chi connectivity index (χ2v) is 12.5. The van der Waals surface area contributed by atoms with Gasteiger partial charge in [0, 0.05) is 37.1 Å². The zero-order valence-electron chi connectivity index (χ0n) is 23.9. The third-order valence-electron chi connectivity index (χ3n) is 8.84. The van der Waals surface area contributed by atoms with Gasteiger partial charge in [-0.3, -0.25) is 0 Å². The molecule has 8 aromatic carbocycles. The molecule has 0 aliphatic heterocycles. The summed E-state index contributed by atoms with van der Waals surface area (Å²) < 4.78 is 2.66. The summed E-state index contributed by atoms with van der Waals surface area (Å²) >= 11 is 1.87. The predicted octanol–water partition coefficient (Wildman–Crippen LogP) is 12.6. The quantitative estimate of drug-likeness (QED) is 0.205. The first-order valence-corrected chi connectivity index (χ1v) is 15.8. The van der Waals surface area contributed by atoms with E-state index in [1.165, 1.54) is 74.7 Å². The molecule has 1 nitrogen and oxygen atoms in total. The van der Waals surface area contributed by atoms with Gasteiger partial charge in [-0.05, 0) is 85.4 Å². The van der Waals surface area contributed by atoms with Gasteiger partial charge < -0.3 is 5.32 Å². The van der Waals surface area contributed by atoms with Crippen LogP contribution in [0.3, 0.4) is 0 Å². The Hall–Kier alpha value is -5.44. The molecule has 0 aliphatic carbocycles. The molecule has 0 radical (unpaired) electrons. The zero-order chi connectivity index (χ0) is 29.0. The van der Waals surface area contributed by atoms with Crippen LogP contribution in [-0.2, 0) is 0 Å². The van der Waals surface area contributed by atoms with Crippen molar-refractivity contribution in [2.24, 2.45) is 0 Å². The summed E-state index contributed by atoms with van der Waals surface area (Å²) in [5.74, 6) is 0. The third-order valence-corrected chi connectivity index (χ3v) is 9.97. The first-order valence-electron chi connectivity index (χ1n) is 15.0. The van der Waals surface area contributed by atoms with E-state index >= 15 is 0 Å². The Bertz CT molecular complexity index is 2490. The average molecular weight is 578 g/mol. The Balaban J connectivity index is 1.17. The molecular weight excluding hydrogens is 551 g/mol. The maximum absolute atomic E-state index is 3.80. The zero-order valence-corrected chi connectivity index (χ0v) is 24.7. The van der Waals surface area contributed by atoms with E-state index in [0.29, 0.717) is 0 Å². The van der Waals surface area contributed by atoms with Crippen LogP contribution in [0.25, 0.3) is 74.7 Å². The lowest BCUT2D eigenvalue weighted by Gasteiger charge is -2.16. The van der Waals surface area contributed by atoms with Crippen LogP contribution in [0.15, 0.2) is 158 Å². The number of hydrogen-bond acceptors (Lipinski definition) is 2. The number of hydrogen-bond donors (Lipinski definition) is 1. The smallest absolute Gasteiger partial charge is 0.0464 e. The van der Waals surface area contributed by atoms with Crippen molar-refractivity contribution in [3.63, 3.8) is 0 Å². The van der Waals surface area contributed by atoms with Gasteiger partial charge in [-0.15, -0.1) is 11.3 Å². The van der Waals surface area contributed by atoms with Gasteiger partial charge >= 0.3 is 0 Å². The molecule has 44 heavy (non-hydrogen) atoms. The standard InChI is InChI=1S/C42H27NS/c1-2-10-27(11-3-1)38-24-28(29-18-21-37-36-16-8-9-17-41(36)44-42(37)25-29)19-23-40(38)43-30-20-22-35-33-14-5-4-12-31(33)32-13-6-7-15-34(32)39(35)26-30/h1-26,43H. The van der Waals surface area contributed by atoms with Crippen molar-refractivity contribution in [1.82, 2.24) is 0 Å². The van der Waals surface area contributed by atoms with Crippen molar-refractivity contribution >= 4 is 75.2 Å². The summed E-state index contributed by atoms with van der Waals surface area (Å²) in [6.07, 6.45) is 0. The Kier molecular flexibility index (Phi) is 5.75. The van der Waals surface area contributed by atoms with Gasteiger partial charge in [0.15, 0.2) is 0 Å². The Morgan fingerprint density at radius 2 is 0.886 bits per heavy atom. The largest absolute Gasteiger partial charge is 0.355 e. The summed E-state index contributed by atoms with van der Waals surface area (Å²) in [6, 6.07) is 57.3. The van der Waals surface area contributed by atoms with Crippen molar-refractivity contribution in [2.45, 2.75) is 0 Å². The number of thiophene rings is 1. The first-order chi connectivity index (χ1) is 21.8. The minimum Gasteiger partial charge on any atom is -0.355 e. The molecule has 0 saturated heterocycles. The highest BCUT2D eigenvalue weighted by molar-refractivity contribution is 7.25. The average Bonchev–Trinajstić information content (AvgIpc) is 3.47. The minimum atomic E-state index is 1.08. The molecule has 206 valence electrons. The van der Waals surface area contributed by atoms with Gasteiger partial charge in [0.05, 0.1) is 0 Å². The van der Waals surface area contributed by atoms with E-state index in [1.54, 1.807) is 0 Å². The van der Waals surface area contributed by atoms with E-state index in [1.807, 2.05) is 11.3 Å². The van der Waals surface area contributed by atoms with Crippen LogP contribution in [0, 0.1) is 0 Å². The van der Waals surface area contributed by atoms with Crippen molar-refractivity contribution in [3.8, 4) is 22.3 Å². The van der Waals surface area contributed by atoms with Crippen LogP contribution in [0.5, 0.6) is 0 Å². The molecule has 0 bridgehead atoms. The molecule has 1 N–H and O–H groups in total. The second kappa shape index (κ2) is 10.1. The number of benzene rings is 8. The fraction of sp³-hybridized carbons (Fsp3) is 0. The topological polar surface area (TPSA) is 12.0 Å². The lowest BCUT2D eigenvalue weighted by Crippen LogP contribution is -1.95. The van der Waals surface area contributed by atoms with Crippen LogP contribution >= 0.6 is 11.3 Å². The molecule has 9 rings (SSSR count). The molecule has 0 spiro atoms. The van der Waals surface area contributed by atoms with Crippen molar-refractivity contribution in [3.05, 3.63) is 158 Å². The SMILES string of the molecule is c1ccc(-c2cc(-c3ccc4c(c3)sc3ccccc34)ccc2Nc2ccc3c4ccccc4c4ccccc4c3c2)cc1. The molecule has 0 amide bonds. The number of rotatable bonds is 4. The maximum atomic E-state index is 3.80. The maximum Gasteiger partial charge on any atom is 0.0464 e. The summed E-state index contributed by atoms with van der Waals surface area (Å²) in [6.45, 7) is 0. The molecular formula is C42H27NS. The van der Waals surface area contributed by atoms with Crippen LogP contribution in [0.2, 0.25) is 0 Å². The van der Waals surface area contributed by atoms with Crippen molar-refractivity contribution in [2.75, 3.05) is 5.32 Å². The summed E-state index contributed by atoms with van der Waals surface area (Å²) in [7, 11) is 0. The van der Waals surface area contributed by atoms with Crippen molar-refractivity contribution in [1.29, 1.82) is 0 Å². The van der Waals surface area contributed by atoms with Crippen LogP contribution in [-0.4, -0.2) is 0 Å². The van der Waals surface area contributed by atoms with E-state index in [2.05, 4.69) is 163 Å². The molecule has 0 unspecified atom stereocenters. The molecule has 1 aromatic heterocycles. The van der Waals surface area contributed by atoms with Crippen LogP contribution < -0.4 is 5.32 Å². The van der Waals surface area contributed by atoms with Gasteiger partial charge in [-0.25, -0.2) is 0 Å². The Morgan fingerprint density at radius 3 is 1.64 bits per heavy atom. The van der Waals surface area contributed by atoms with Crippen LogP contribution in [0.1, 0.15) is 0 Å². The molecule has 0 fully saturated rings. The number of anilines is 2. The molecule has 0 aliphatic rings. The number of fused-ring (bicyclic) bond motifs is 9. The first kappa shape index (κ1) is 25.1. The van der Waals surface area contributed by atoms with Crippen LogP contribution in [0.4, 0.5) is 11.4 Å². The number of nitrogens with one attached hydrogen (secondary N) is 1. The van der Waals surface area contributed by atoms with Gasteiger partial charge in [0.1, 0.15) is 0 Å². The summed E-state index contributed by atoms with van der Waals surface area (Å²) in [5.41, 5.74) is 6.99. The van der Waals surface area contributed by atoms with E-state index < -0.39 is 0 Å². The predicted molar refractivity (Wildman–Crippen MR) is 192 cm³/mol.